The zero-order valence-corrected chi connectivity index (χ0v) is 13.5. The number of nitrogens with one attached hydrogen (secondary N) is 1. The molecule has 0 aliphatic rings. The zero-order chi connectivity index (χ0) is 18.7. The first-order valence-corrected chi connectivity index (χ1v) is 7.71. The summed E-state index contributed by atoms with van der Waals surface area (Å²) in [5, 5.41) is 29.5. The molecule has 0 aliphatic carbocycles. The standard InChI is InChI=1S/C15H10F3N3O4S/c16-15(17,18)10-3-1-2-4-12(10)20-21-13-9-7-8(26-25-24-23)5-6-11(9)19-14(13)22/h1-7,19,22-23H. The van der Waals surface area contributed by atoms with Crippen molar-refractivity contribution in [1.29, 1.82) is 0 Å². The van der Waals surface area contributed by atoms with Gasteiger partial charge in [-0.05, 0) is 30.3 Å². The molecule has 1 aromatic heterocycles. The van der Waals surface area contributed by atoms with Crippen molar-refractivity contribution in [2.45, 2.75) is 11.1 Å². The molecule has 3 aromatic rings. The number of nitrogens with zero attached hydrogens (tertiary/aromatic N) is 2. The van der Waals surface area contributed by atoms with Crippen LogP contribution in [0, 0.1) is 0 Å². The number of benzene rings is 2. The lowest BCUT2D eigenvalue weighted by atomic mass is 10.2. The normalized spacial score (nSPS) is 12.3. The maximum atomic E-state index is 13.0. The Bertz CT molecular complexity index is 959. The third-order valence-electron chi connectivity index (χ3n) is 3.35. The van der Waals surface area contributed by atoms with E-state index in [1.807, 2.05) is 0 Å². The molecule has 26 heavy (non-hydrogen) atoms. The molecule has 3 rings (SSSR count). The highest BCUT2D eigenvalue weighted by molar-refractivity contribution is 7.94. The Morgan fingerprint density at radius 1 is 1.08 bits per heavy atom. The molecule has 136 valence electrons. The first-order chi connectivity index (χ1) is 12.4. The molecule has 0 unspecified atom stereocenters. The minimum absolute atomic E-state index is 0.0376. The summed E-state index contributed by atoms with van der Waals surface area (Å²) in [5.41, 5.74) is -0.872. The number of hydrogen-bond donors (Lipinski definition) is 3. The SMILES string of the molecule is OOOSc1ccc2[nH]c(O)c(N=Nc3ccccc3C(F)(F)F)c2c1. The molecule has 0 saturated carbocycles. The molecule has 0 bridgehead atoms. The molecule has 11 heteroatoms. The lowest BCUT2D eigenvalue weighted by Crippen LogP contribution is -2.04. The van der Waals surface area contributed by atoms with Crippen LogP contribution in [0.4, 0.5) is 24.5 Å². The van der Waals surface area contributed by atoms with E-state index >= 15 is 0 Å². The molecular weight excluding hydrogens is 375 g/mol. The summed E-state index contributed by atoms with van der Waals surface area (Å²) < 4.78 is 43.4. The van der Waals surface area contributed by atoms with Crippen LogP contribution in [0.25, 0.3) is 10.9 Å². The van der Waals surface area contributed by atoms with Gasteiger partial charge in [0.15, 0.2) is 5.69 Å². The monoisotopic (exact) mass is 385 g/mol. The fourth-order valence-corrected chi connectivity index (χ4v) is 2.65. The largest absolute Gasteiger partial charge is 0.493 e. The van der Waals surface area contributed by atoms with E-state index in [1.165, 1.54) is 24.3 Å². The second-order valence-electron chi connectivity index (χ2n) is 4.97. The Morgan fingerprint density at radius 3 is 2.58 bits per heavy atom. The predicted molar refractivity (Wildman–Crippen MR) is 86.2 cm³/mol. The Kier molecular flexibility index (Phi) is 5.13. The van der Waals surface area contributed by atoms with E-state index in [0.29, 0.717) is 27.8 Å². The van der Waals surface area contributed by atoms with Gasteiger partial charge >= 0.3 is 6.18 Å². The summed E-state index contributed by atoms with van der Waals surface area (Å²) in [4.78, 5) is 3.12. The molecule has 0 spiro atoms. The minimum atomic E-state index is -4.58. The van der Waals surface area contributed by atoms with Crippen LogP contribution in [0.2, 0.25) is 0 Å². The fraction of sp³-hybridized carbons (Fsp3) is 0.0667. The van der Waals surface area contributed by atoms with Gasteiger partial charge in [-0.1, -0.05) is 17.2 Å². The number of aromatic nitrogens is 1. The first-order valence-electron chi connectivity index (χ1n) is 6.97. The van der Waals surface area contributed by atoms with Crippen molar-refractivity contribution in [2.75, 3.05) is 0 Å². The van der Waals surface area contributed by atoms with E-state index in [1.54, 1.807) is 12.1 Å². The third-order valence-corrected chi connectivity index (χ3v) is 3.93. The van der Waals surface area contributed by atoms with Gasteiger partial charge in [0.05, 0.1) is 28.8 Å². The summed E-state index contributed by atoms with van der Waals surface area (Å²) >= 11 is 0.685. The number of fused-ring (bicyclic) bond motifs is 1. The Labute approximate surface area is 148 Å². The second-order valence-corrected chi connectivity index (χ2v) is 5.74. The molecule has 0 saturated heterocycles. The van der Waals surface area contributed by atoms with E-state index in [9.17, 15) is 18.3 Å². The Balaban J connectivity index is 2.01. The van der Waals surface area contributed by atoms with Gasteiger partial charge in [-0.2, -0.15) is 13.2 Å². The van der Waals surface area contributed by atoms with Crippen LogP contribution in [0.1, 0.15) is 5.56 Å². The van der Waals surface area contributed by atoms with E-state index < -0.39 is 11.7 Å². The van der Waals surface area contributed by atoms with Crippen molar-refractivity contribution in [1.82, 2.24) is 4.98 Å². The van der Waals surface area contributed by atoms with E-state index in [4.69, 9.17) is 5.26 Å². The van der Waals surface area contributed by atoms with Crippen LogP contribution in [0.3, 0.4) is 0 Å². The number of aromatic amines is 1. The average Bonchev–Trinajstić information content (AvgIpc) is 2.92. The number of hydrogen-bond acceptors (Lipinski definition) is 7. The lowest BCUT2D eigenvalue weighted by molar-refractivity contribution is -0.432. The van der Waals surface area contributed by atoms with E-state index in [-0.39, 0.29) is 17.3 Å². The number of rotatable bonds is 5. The van der Waals surface area contributed by atoms with Crippen LogP contribution in [0.15, 0.2) is 57.6 Å². The lowest BCUT2D eigenvalue weighted by Gasteiger charge is -2.08. The molecule has 0 fully saturated rings. The van der Waals surface area contributed by atoms with Gasteiger partial charge in [0.25, 0.3) is 0 Å². The molecule has 2 aromatic carbocycles. The molecule has 3 N–H and O–H groups in total. The molecule has 0 amide bonds. The summed E-state index contributed by atoms with van der Waals surface area (Å²) in [6.45, 7) is 0. The first kappa shape index (κ1) is 18.2. The van der Waals surface area contributed by atoms with E-state index in [0.717, 1.165) is 6.07 Å². The van der Waals surface area contributed by atoms with Crippen LogP contribution >= 0.6 is 12.0 Å². The van der Waals surface area contributed by atoms with Crippen molar-refractivity contribution < 1.29 is 32.9 Å². The summed E-state index contributed by atoms with van der Waals surface area (Å²) in [5.74, 6) is -0.352. The van der Waals surface area contributed by atoms with Gasteiger partial charge < -0.3 is 10.1 Å². The van der Waals surface area contributed by atoms with Crippen molar-refractivity contribution >= 4 is 34.3 Å². The number of alkyl halides is 3. The highest BCUT2D eigenvalue weighted by Gasteiger charge is 2.33. The maximum Gasteiger partial charge on any atom is 0.418 e. The highest BCUT2D eigenvalue weighted by atomic mass is 32.2. The molecule has 7 nitrogen and oxygen atoms in total. The van der Waals surface area contributed by atoms with Gasteiger partial charge in [0.1, 0.15) is 0 Å². The van der Waals surface area contributed by atoms with E-state index in [2.05, 4.69) is 24.6 Å². The minimum Gasteiger partial charge on any atom is -0.493 e. The Hall–Kier alpha value is -2.60. The number of halogens is 3. The zero-order valence-electron chi connectivity index (χ0n) is 12.7. The molecule has 1 heterocycles. The second kappa shape index (κ2) is 7.33. The van der Waals surface area contributed by atoms with Crippen molar-refractivity contribution in [3.05, 3.63) is 48.0 Å². The van der Waals surface area contributed by atoms with Gasteiger partial charge in [-0.15, -0.1) is 14.6 Å². The number of aromatic hydroxyl groups is 1. The summed E-state index contributed by atoms with van der Waals surface area (Å²) in [7, 11) is 0. The van der Waals surface area contributed by atoms with Crippen LogP contribution in [0.5, 0.6) is 5.88 Å². The van der Waals surface area contributed by atoms with Gasteiger partial charge in [-0.25, -0.2) is 5.26 Å². The van der Waals surface area contributed by atoms with Crippen LogP contribution in [-0.4, -0.2) is 15.3 Å². The summed E-state index contributed by atoms with van der Waals surface area (Å²) in [6.07, 6.45) is -4.58. The van der Waals surface area contributed by atoms with Gasteiger partial charge in [-0.3, -0.25) is 0 Å². The van der Waals surface area contributed by atoms with Crippen molar-refractivity contribution in [3.63, 3.8) is 0 Å². The van der Waals surface area contributed by atoms with Crippen molar-refractivity contribution in [2.24, 2.45) is 10.2 Å². The number of H-pyrrole nitrogens is 1. The quantitative estimate of drug-likeness (QED) is 0.225. The van der Waals surface area contributed by atoms with Crippen molar-refractivity contribution in [3.8, 4) is 5.88 Å². The van der Waals surface area contributed by atoms with Crippen LogP contribution in [-0.2, 0) is 15.5 Å². The average molecular weight is 385 g/mol. The molecule has 0 aliphatic heterocycles. The van der Waals surface area contributed by atoms with Gasteiger partial charge in [0.2, 0.25) is 5.88 Å². The molecule has 0 radical (unpaired) electrons. The highest BCUT2D eigenvalue weighted by Crippen LogP contribution is 2.40. The maximum absolute atomic E-state index is 13.0. The number of azo groups is 1. The van der Waals surface area contributed by atoms with Crippen LogP contribution < -0.4 is 0 Å². The fourth-order valence-electron chi connectivity index (χ4n) is 2.25. The Morgan fingerprint density at radius 2 is 1.85 bits per heavy atom. The topological polar surface area (TPSA) is 99.4 Å². The molecule has 0 atom stereocenters. The van der Waals surface area contributed by atoms with Gasteiger partial charge in [0, 0.05) is 10.3 Å². The molecular formula is C15H10F3N3O4S. The smallest absolute Gasteiger partial charge is 0.418 e. The third kappa shape index (κ3) is 3.80. The predicted octanol–water partition coefficient (Wildman–Crippen LogP) is 5.74. The summed E-state index contributed by atoms with van der Waals surface area (Å²) in [6, 6.07) is 9.43.